The molecule has 0 amide bonds. The second kappa shape index (κ2) is 6.72. The number of nitrogens with two attached hydrogens (primary N) is 1. The molecule has 0 radical (unpaired) electrons. The molecule has 0 fully saturated rings. The zero-order valence-electron chi connectivity index (χ0n) is 14.5. The summed E-state index contributed by atoms with van der Waals surface area (Å²) >= 11 is 0. The summed E-state index contributed by atoms with van der Waals surface area (Å²) in [6, 6.07) is 17.0. The van der Waals surface area contributed by atoms with Crippen LogP contribution < -0.4 is 10.5 Å². The minimum atomic E-state index is -3.80. The highest BCUT2D eigenvalue weighted by atomic mass is 32.2. The number of hydrogen-bond donors (Lipinski definition) is 3. The van der Waals surface area contributed by atoms with Crippen LogP contribution in [0.15, 0.2) is 65.6 Å². The standard InChI is InChI=1S/C20H20N2O3S/c1-13-3-10-20(23)19(11-13)22-26(24,25)17-8-6-15(7-9-17)16-5-4-14(2)18(21)12-16/h3-12,22-23H,21H2,1-2H3. The van der Waals surface area contributed by atoms with E-state index in [-0.39, 0.29) is 16.3 Å². The second-order valence-corrected chi connectivity index (χ2v) is 7.90. The van der Waals surface area contributed by atoms with Crippen LogP contribution in [0.25, 0.3) is 11.1 Å². The molecule has 3 rings (SSSR count). The van der Waals surface area contributed by atoms with Gasteiger partial charge in [0.15, 0.2) is 0 Å². The van der Waals surface area contributed by atoms with E-state index >= 15 is 0 Å². The number of nitrogen functional groups attached to an aromatic ring is 1. The van der Waals surface area contributed by atoms with Gasteiger partial charge in [-0.2, -0.15) is 0 Å². The smallest absolute Gasteiger partial charge is 0.262 e. The van der Waals surface area contributed by atoms with Crippen LogP contribution >= 0.6 is 0 Å². The van der Waals surface area contributed by atoms with E-state index in [1.54, 1.807) is 24.3 Å². The van der Waals surface area contributed by atoms with E-state index in [0.717, 1.165) is 22.3 Å². The molecule has 0 bridgehead atoms. The van der Waals surface area contributed by atoms with Crippen LogP contribution in [-0.4, -0.2) is 13.5 Å². The molecule has 0 saturated carbocycles. The lowest BCUT2D eigenvalue weighted by atomic mass is 10.0. The molecule has 0 aromatic heterocycles. The monoisotopic (exact) mass is 368 g/mol. The highest BCUT2D eigenvalue weighted by Crippen LogP contribution is 2.28. The maximum atomic E-state index is 12.6. The van der Waals surface area contributed by atoms with Crippen LogP contribution in [0.5, 0.6) is 5.75 Å². The van der Waals surface area contributed by atoms with Gasteiger partial charge in [-0.3, -0.25) is 4.72 Å². The predicted molar refractivity (Wildman–Crippen MR) is 105 cm³/mol. The molecule has 0 saturated heterocycles. The van der Waals surface area contributed by atoms with Crippen LogP contribution in [0.2, 0.25) is 0 Å². The van der Waals surface area contributed by atoms with E-state index < -0.39 is 10.0 Å². The number of benzene rings is 3. The van der Waals surface area contributed by atoms with Crippen molar-refractivity contribution >= 4 is 21.4 Å². The number of nitrogens with one attached hydrogen (secondary N) is 1. The summed E-state index contributed by atoms with van der Waals surface area (Å²) in [5, 5.41) is 9.85. The fourth-order valence-corrected chi connectivity index (χ4v) is 3.65. The number of anilines is 2. The lowest BCUT2D eigenvalue weighted by Gasteiger charge is -2.11. The molecule has 6 heteroatoms. The minimum Gasteiger partial charge on any atom is -0.506 e. The number of phenolic OH excluding ortho intramolecular Hbond substituents is 1. The summed E-state index contributed by atoms with van der Waals surface area (Å²) in [5.74, 6) is -0.120. The lowest BCUT2D eigenvalue weighted by molar-refractivity contribution is 0.477. The highest BCUT2D eigenvalue weighted by molar-refractivity contribution is 7.92. The molecule has 3 aromatic rings. The van der Waals surface area contributed by atoms with E-state index in [4.69, 9.17) is 5.73 Å². The molecular weight excluding hydrogens is 348 g/mol. The summed E-state index contributed by atoms with van der Waals surface area (Å²) < 4.78 is 27.6. The maximum absolute atomic E-state index is 12.6. The third-order valence-electron chi connectivity index (χ3n) is 4.17. The van der Waals surface area contributed by atoms with Crippen molar-refractivity contribution in [2.24, 2.45) is 0 Å². The Morgan fingerprint density at radius 2 is 1.54 bits per heavy atom. The van der Waals surface area contributed by atoms with Crippen molar-refractivity contribution in [1.82, 2.24) is 0 Å². The van der Waals surface area contributed by atoms with Crippen molar-refractivity contribution in [3.63, 3.8) is 0 Å². The fourth-order valence-electron chi connectivity index (χ4n) is 2.58. The lowest BCUT2D eigenvalue weighted by Crippen LogP contribution is -2.13. The zero-order valence-corrected chi connectivity index (χ0v) is 15.3. The summed E-state index contributed by atoms with van der Waals surface area (Å²) in [7, 11) is -3.80. The molecule has 5 nitrogen and oxygen atoms in total. The Kier molecular flexibility index (Phi) is 4.61. The number of phenols is 1. The average molecular weight is 368 g/mol. The van der Waals surface area contributed by atoms with Crippen molar-refractivity contribution in [3.8, 4) is 16.9 Å². The molecule has 0 aliphatic heterocycles. The molecule has 3 aromatic carbocycles. The first kappa shape index (κ1) is 17.8. The Balaban J connectivity index is 1.89. The number of hydrogen-bond acceptors (Lipinski definition) is 4. The minimum absolute atomic E-state index is 0.113. The van der Waals surface area contributed by atoms with Gasteiger partial charge in [0.05, 0.1) is 10.6 Å². The molecule has 4 N–H and O–H groups in total. The topological polar surface area (TPSA) is 92.4 Å². The number of aromatic hydroxyl groups is 1. The number of aryl methyl sites for hydroxylation is 2. The normalized spacial score (nSPS) is 11.3. The van der Waals surface area contributed by atoms with Gasteiger partial charge in [0.2, 0.25) is 0 Å². The van der Waals surface area contributed by atoms with Crippen LogP contribution in [-0.2, 0) is 10.0 Å². The van der Waals surface area contributed by atoms with Crippen LogP contribution in [0.3, 0.4) is 0 Å². The van der Waals surface area contributed by atoms with E-state index in [0.29, 0.717) is 5.69 Å². The predicted octanol–water partition coefficient (Wildman–Crippen LogP) is 4.06. The molecule has 0 heterocycles. The third-order valence-corrected chi connectivity index (χ3v) is 5.55. The van der Waals surface area contributed by atoms with Gasteiger partial charge in [0.1, 0.15) is 5.75 Å². The zero-order chi connectivity index (χ0) is 18.9. The van der Waals surface area contributed by atoms with E-state index in [9.17, 15) is 13.5 Å². The van der Waals surface area contributed by atoms with Crippen molar-refractivity contribution in [2.75, 3.05) is 10.5 Å². The van der Waals surface area contributed by atoms with Gasteiger partial charge in [-0.05, 0) is 66.4 Å². The van der Waals surface area contributed by atoms with Crippen molar-refractivity contribution in [3.05, 3.63) is 71.8 Å². The maximum Gasteiger partial charge on any atom is 0.262 e. The van der Waals surface area contributed by atoms with Crippen molar-refractivity contribution < 1.29 is 13.5 Å². The van der Waals surface area contributed by atoms with Gasteiger partial charge >= 0.3 is 0 Å². The third kappa shape index (κ3) is 3.65. The van der Waals surface area contributed by atoms with Crippen LogP contribution in [0.1, 0.15) is 11.1 Å². The molecule has 0 atom stereocenters. The summed E-state index contributed by atoms with van der Waals surface area (Å²) in [6.45, 7) is 3.75. The van der Waals surface area contributed by atoms with Gasteiger partial charge in [-0.1, -0.05) is 30.3 Å². The van der Waals surface area contributed by atoms with Gasteiger partial charge in [-0.15, -0.1) is 0 Å². The quantitative estimate of drug-likeness (QED) is 0.478. The van der Waals surface area contributed by atoms with Crippen molar-refractivity contribution in [2.45, 2.75) is 18.7 Å². The first-order valence-electron chi connectivity index (χ1n) is 8.05. The average Bonchev–Trinajstić information content (AvgIpc) is 2.60. The highest BCUT2D eigenvalue weighted by Gasteiger charge is 2.16. The fraction of sp³-hybridized carbons (Fsp3) is 0.100. The van der Waals surface area contributed by atoms with Gasteiger partial charge in [0.25, 0.3) is 10.0 Å². The molecule has 134 valence electrons. The van der Waals surface area contributed by atoms with E-state index in [2.05, 4.69) is 4.72 Å². The summed E-state index contributed by atoms with van der Waals surface area (Å²) in [4.78, 5) is 0.113. The summed E-state index contributed by atoms with van der Waals surface area (Å²) in [6.07, 6.45) is 0. The van der Waals surface area contributed by atoms with Gasteiger partial charge in [0, 0.05) is 5.69 Å². The van der Waals surface area contributed by atoms with Gasteiger partial charge < -0.3 is 10.8 Å². The van der Waals surface area contributed by atoms with E-state index in [1.165, 1.54) is 18.2 Å². The molecule has 26 heavy (non-hydrogen) atoms. The van der Waals surface area contributed by atoms with Crippen LogP contribution in [0, 0.1) is 13.8 Å². The SMILES string of the molecule is Cc1ccc(O)c(NS(=O)(=O)c2ccc(-c3ccc(C)c(N)c3)cc2)c1. The Hall–Kier alpha value is -2.99. The second-order valence-electron chi connectivity index (χ2n) is 6.22. The molecule has 0 unspecified atom stereocenters. The molecular formula is C20H20N2O3S. The first-order chi connectivity index (χ1) is 12.3. The number of rotatable bonds is 4. The Bertz CT molecular complexity index is 1060. The molecule has 0 spiro atoms. The first-order valence-corrected chi connectivity index (χ1v) is 9.53. The Morgan fingerprint density at radius 3 is 2.19 bits per heavy atom. The van der Waals surface area contributed by atoms with Gasteiger partial charge in [-0.25, -0.2) is 8.42 Å². The van der Waals surface area contributed by atoms with Crippen LogP contribution in [0.4, 0.5) is 11.4 Å². The molecule has 0 aliphatic carbocycles. The molecule has 0 aliphatic rings. The summed E-state index contributed by atoms with van der Waals surface area (Å²) in [5.41, 5.74) is 10.4. The largest absolute Gasteiger partial charge is 0.506 e. The number of sulfonamides is 1. The Morgan fingerprint density at radius 1 is 0.885 bits per heavy atom. The Labute approximate surface area is 153 Å². The van der Waals surface area contributed by atoms with Crippen molar-refractivity contribution in [1.29, 1.82) is 0 Å². The van der Waals surface area contributed by atoms with E-state index in [1.807, 2.05) is 32.0 Å².